The number of nitrogens with one attached hydrogen (secondary N) is 1. The Morgan fingerprint density at radius 1 is 1.47 bits per heavy atom. The molecule has 1 fully saturated rings. The van der Waals surface area contributed by atoms with Crippen molar-refractivity contribution in [1.82, 2.24) is 10.2 Å². The molecule has 1 rings (SSSR count). The van der Waals surface area contributed by atoms with Crippen LogP contribution in [-0.2, 0) is 9.53 Å². The lowest BCUT2D eigenvalue weighted by Gasteiger charge is -2.19. The third-order valence-electron chi connectivity index (χ3n) is 2.78. The first-order chi connectivity index (χ1) is 7.27. The molecule has 1 N–H and O–H groups in total. The van der Waals surface area contributed by atoms with Gasteiger partial charge in [0.2, 0.25) is 0 Å². The Kier molecular flexibility index (Phi) is 5.65. The molecular weight excluding hydrogens is 192 g/mol. The van der Waals surface area contributed by atoms with Crippen LogP contribution in [-0.4, -0.2) is 50.2 Å². The predicted octanol–water partition coefficient (Wildman–Crippen LogP) is 0.623. The summed E-state index contributed by atoms with van der Waals surface area (Å²) in [5.41, 5.74) is 0. The Morgan fingerprint density at radius 2 is 2.20 bits per heavy atom. The molecule has 4 heteroatoms. The van der Waals surface area contributed by atoms with E-state index in [1.165, 1.54) is 20.0 Å². The molecule has 0 heterocycles. The van der Waals surface area contributed by atoms with E-state index >= 15 is 0 Å². The largest absolute Gasteiger partial charge is 0.469 e. The standard InChI is InChI=1S/C11H22N2O2/c1-3-13(10-4-5-10)9-8-12-7-6-11(14)15-2/h10,12H,3-9H2,1-2H3. The molecule has 1 saturated carbocycles. The molecule has 0 aromatic carbocycles. The van der Waals surface area contributed by atoms with Gasteiger partial charge in [-0.2, -0.15) is 0 Å². The van der Waals surface area contributed by atoms with Crippen molar-refractivity contribution in [3.05, 3.63) is 0 Å². The van der Waals surface area contributed by atoms with Crippen molar-refractivity contribution >= 4 is 5.97 Å². The van der Waals surface area contributed by atoms with E-state index < -0.39 is 0 Å². The van der Waals surface area contributed by atoms with Crippen LogP contribution in [0.5, 0.6) is 0 Å². The van der Waals surface area contributed by atoms with E-state index in [4.69, 9.17) is 0 Å². The first kappa shape index (κ1) is 12.5. The topological polar surface area (TPSA) is 41.6 Å². The van der Waals surface area contributed by atoms with Crippen LogP contribution in [0.4, 0.5) is 0 Å². The van der Waals surface area contributed by atoms with Crippen LogP contribution in [0.3, 0.4) is 0 Å². The molecule has 0 saturated heterocycles. The number of methoxy groups -OCH3 is 1. The van der Waals surface area contributed by atoms with E-state index in [0.29, 0.717) is 6.42 Å². The van der Waals surface area contributed by atoms with Crippen molar-refractivity contribution in [2.75, 3.05) is 33.3 Å². The molecule has 0 amide bonds. The molecule has 0 bridgehead atoms. The molecule has 0 aliphatic heterocycles. The number of carbonyl (C=O) groups excluding carboxylic acids is 1. The van der Waals surface area contributed by atoms with Crippen LogP contribution >= 0.6 is 0 Å². The first-order valence-electron chi connectivity index (χ1n) is 5.79. The van der Waals surface area contributed by atoms with E-state index in [0.717, 1.165) is 32.2 Å². The number of hydrogen-bond donors (Lipinski definition) is 1. The van der Waals surface area contributed by atoms with Crippen LogP contribution in [0.25, 0.3) is 0 Å². The third kappa shape index (κ3) is 5.14. The van der Waals surface area contributed by atoms with Gasteiger partial charge in [0.25, 0.3) is 0 Å². The highest BCUT2D eigenvalue weighted by molar-refractivity contribution is 5.69. The molecule has 0 aromatic rings. The number of nitrogens with zero attached hydrogens (tertiary/aromatic N) is 1. The number of hydrogen-bond acceptors (Lipinski definition) is 4. The molecule has 0 atom stereocenters. The second kappa shape index (κ2) is 6.80. The molecule has 15 heavy (non-hydrogen) atoms. The second-order valence-electron chi connectivity index (χ2n) is 3.94. The number of likely N-dealkylation sites (N-methyl/N-ethyl adjacent to an activating group) is 1. The number of rotatable bonds is 8. The van der Waals surface area contributed by atoms with Gasteiger partial charge in [-0.05, 0) is 19.4 Å². The first-order valence-corrected chi connectivity index (χ1v) is 5.79. The molecule has 0 unspecified atom stereocenters. The summed E-state index contributed by atoms with van der Waals surface area (Å²) in [4.78, 5) is 13.3. The average molecular weight is 214 g/mol. The Balaban J connectivity index is 1.93. The van der Waals surface area contributed by atoms with Crippen LogP contribution in [0.15, 0.2) is 0 Å². The summed E-state index contributed by atoms with van der Waals surface area (Å²) in [6.07, 6.45) is 3.18. The lowest BCUT2D eigenvalue weighted by atomic mass is 10.4. The van der Waals surface area contributed by atoms with Gasteiger partial charge < -0.3 is 10.1 Å². The second-order valence-corrected chi connectivity index (χ2v) is 3.94. The van der Waals surface area contributed by atoms with Crippen LogP contribution in [0.1, 0.15) is 26.2 Å². The van der Waals surface area contributed by atoms with E-state index in [-0.39, 0.29) is 5.97 Å². The highest BCUT2D eigenvalue weighted by Crippen LogP contribution is 2.25. The highest BCUT2D eigenvalue weighted by Gasteiger charge is 2.26. The number of carbonyl (C=O) groups is 1. The summed E-state index contributed by atoms with van der Waals surface area (Å²) in [7, 11) is 1.42. The zero-order valence-electron chi connectivity index (χ0n) is 9.79. The lowest BCUT2D eigenvalue weighted by Crippen LogP contribution is -2.34. The molecule has 0 spiro atoms. The summed E-state index contributed by atoms with van der Waals surface area (Å²) in [6.45, 7) is 6.09. The van der Waals surface area contributed by atoms with E-state index in [1.807, 2.05) is 0 Å². The zero-order chi connectivity index (χ0) is 11.1. The maximum absolute atomic E-state index is 10.8. The predicted molar refractivity (Wildman–Crippen MR) is 59.8 cm³/mol. The summed E-state index contributed by atoms with van der Waals surface area (Å²) in [5.74, 6) is -0.142. The maximum atomic E-state index is 10.8. The Bertz CT molecular complexity index is 193. The Morgan fingerprint density at radius 3 is 2.73 bits per heavy atom. The summed E-state index contributed by atoms with van der Waals surface area (Å²) in [5, 5.41) is 3.26. The molecule has 0 radical (unpaired) electrons. The summed E-state index contributed by atoms with van der Waals surface area (Å²) < 4.78 is 4.56. The van der Waals surface area contributed by atoms with Crippen molar-refractivity contribution in [2.45, 2.75) is 32.2 Å². The third-order valence-corrected chi connectivity index (χ3v) is 2.78. The normalized spacial score (nSPS) is 15.7. The quantitative estimate of drug-likeness (QED) is 0.475. The number of esters is 1. The maximum Gasteiger partial charge on any atom is 0.306 e. The fourth-order valence-corrected chi connectivity index (χ4v) is 1.68. The van der Waals surface area contributed by atoms with Gasteiger partial charge in [-0.1, -0.05) is 6.92 Å². The van der Waals surface area contributed by atoms with Crippen LogP contribution < -0.4 is 5.32 Å². The lowest BCUT2D eigenvalue weighted by molar-refractivity contribution is -0.140. The molecular formula is C11H22N2O2. The van der Waals surface area contributed by atoms with Gasteiger partial charge in [-0.15, -0.1) is 0 Å². The molecule has 88 valence electrons. The summed E-state index contributed by atoms with van der Waals surface area (Å²) >= 11 is 0. The zero-order valence-corrected chi connectivity index (χ0v) is 9.79. The van der Waals surface area contributed by atoms with Gasteiger partial charge >= 0.3 is 5.97 Å². The van der Waals surface area contributed by atoms with Crippen LogP contribution in [0, 0.1) is 0 Å². The Labute approximate surface area is 92.0 Å². The van der Waals surface area contributed by atoms with Gasteiger partial charge in [-0.3, -0.25) is 9.69 Å². The van der Waals surface area contributed by atoms with Crippen molar-refractivity contribution in [3.63, 3.8) is 0 Å². The minimum Gasteiger partial charge on any atom is -0.469 e. The highest BCUT2D eigenvalue weighted by atomic mass is 16.5. The number of ether oxygens (including phenoxy) is 1. The fourth-order valence-electron chi connectivity index (χ4n) is 1.68. The molecule has 4 nitrogen and oxygen atoms in total. The minimum absolute atomic E-state index is 0.142. The van der Waals surface area contributed by atoms with Crippen molar-refractivity contribution in [2.24, 2.45) is 0 Å². The van der Waals surface area contributed by atoms with Gasteiger partial charge in [0.1, 0.15) is 0 Å². The van der Waals surface area contributed by atoms with Crippen molar-refractivity contribution < 1.29 is 9.53 Å². The smallest absolute Gasteiger partial charge is 0.306 e. The average Bonchev–Trinajstić information content (AvgIpc) is 3.06. The summed E-state index contributed by atoms with van der Waals surface area (Å²) in [6, 6.07) is 0.831. The van der Waals surface area contributed by atoms with Gasteiger partial charge in [0, 0.05) is 25.7 Å². The van der Waals surface area contributed by atoms with Crippen molar-refractivity contribution in [1.29, 1.82) is 0 Å². The van der Waals surface area contributed by atoms with Crippen LogP contribution in [0.2, 0.25) is 0 Å². The molecule has 1 aliphatic rings. The SMILES string of the molecule is CCN(CCNCCC(=O)OC)C1CC1. The minimum atomic E-state index is -0.142. The van der Waals surface area contributed by atoms with Gasteiger partial charge in [0.15, 0.2) is 0 Å². The molecule has 1 aliphatic carbocycles. The monoisotopic (exact) mass is 214 g/mol. The van der Waals surface area contributed by atoms with Crippen molar-refractivity contribution in [3.8, 4) is 0 Å². The van der Waals surface area contributed by atoms with Gasteiger partial charge in [0.05, 0.1) is 13.5 Å². The Hall–Kier alpha value is -0.610. The van der Waals surface area contributed by atoms with Gasteiger partial charge in [-0.25, -0.2) is 0 Å². The fraction of sp³-hybridized carbons (Fsp3) is 0.909. The molecule has 0 aromatic heterocycles. The van der Waals surface area contributed by atoms with E-state index in [2.05, 4.69) is 21.9 Å². The van der Waals surface area contributed by atoms with E-state index in [9.17, 15) is 4.79 Å². The van der Waals surface area contributed by atoms with E-state index in [1.54, 1.807) is 0 Å².